The lowest BCUT2D eigenvalue weighted by atomic mass is 10.1. The van der Waals surface area contributed by atoms with Gasteiger partial charge in [0, 0.05) is 24.8 Å². The first-order chi connectivity index (χ1) is 16.8. The van der Waals surface area contributed by atoms with Crippen LogP contribution >= 0.6 is 0 Å². The van der Waals surface area contributed by atoms with E-state index >= 15 is 0 Å². The lowest BCUT2D eigenvalue weighted by Gasteiger charge is -2.15. The second-order valence-corrected chi connectivity index (χ2v) is 9.01. The molecule has 35 heavy (non-hydrogen) atoms. The molecule has 0 aliphatic carbocycles. The Kier molecular flexibility index (Phi) is 12.8. The number of benzene rings is 1. The Morgan fingerprint density at radius 2 is 1.40 bits per heavy atom. The Bertz CT molecular complexity index is 855. The van der Waals surface area contributed by atoms with E-state index in [0.717, 1.165) is 35.7 Å². The number of hydrogen-bond acceptors (Lipinski definition) is 4. The fraction of sp³-hybridized carbons (Fsp3) is 0.556. The molecule has 0 fully saturated rings. The number of nitrogens with zero attached hydrogens (tertiary/aromatic N) is 2. The number of carbonyl (C=O) groups excluding carboxylic acids is 1. The van der Waals surface area contributed by atoms with Crippen LogP contribution in [-0.2, 0) is 19.3 Å². The van der Waals surface area contributed by atoms with Gasteiger partial charge in [0.2, 0.25) is 0 Å². The van der Waals surface area contributed by atoms with Gasteiger partial charge in [-0.1, -0.05) is 82.9 Å². The molecule has 0 bridgehead atoms. The minimum Gasteiger partial charge on any atom is -0.352 e. The van der Waals surface area contributed by atoms with Crippen molar-refractivity contribution in [2.75, 3.05) is 6.54 Å². The topological polar surface area (TPSA) is 65.5 Å². The Balaban J connectivity index is 1.62. The van der Waals surface area contributed by atoms with Gasteiger partial charge in [-0.3, -0.25) is 9.78 Å². The summed E-state index contributed by atoms with van der Waals surface area (Å²) in [6.45, 7) is 3.09. The van der Waals surface area contributed by atoms with Crippen molar-refractivity contribution in [3.63, 3.8) is 0 Å². The van der Waals surface area contributed by atoms with E-state index in [4.69, 9.17) is 0 Å². The summed E-state index contributed by atoms with van der Waals surface area (Å²) in [5.41, 5.74) is 0.826. The SMILES string of the molecule is CCCCCCCCCCCCNC(=O)c1ccc(CN(O)Cc2ccc(C(F)(F)F)nc2)cc1. The molecule has 0 aliphatic rings. The number of pyridine rings is 1. The third-order valence-corrected chi connectivity index (χ3v) is 5.88. The third kappa shape index (κ3) is 11.7. The van der Waals surface area contributed by atoms with Crippen molar-refractivity contribution < 1.29 is 23.2 Å². The third-order valence-electron chi connectivity index (χ3n) is 5.88. The van der Waals surface area contributed by atoms with Gasteiger partial charge in [-0.25, -0.2) is 0 Å². The number of hydrogen-bond donors (Lipinski definition) is 2. The lowest BCUT2D eigenvalue weighted by molar-refractivity contribution is -0.141. The molecule has 1 aromatic heterocycles. The quantitative estimate of drug-likeness (QED) is 0.193. The van der Waals surface area contributed by atoms with Gasteiger partial charge in [-0.2, -0.15) is 18.2 Å². The molecule has 0 spiro atoms. The van der Waals surface area contributed by atoms with Crippen LogP contribution in [0.3, 0.4) is 0 Å². The van der Waals surface area contributed by atoms with Crippen molar-refractivity contribution in [1.82, 2.24) is 15.4 Å². The van der Waals surface area contributed by atoms with E-state index in [-0.39, 0.29) is 19.0 Å². The van der Waals surface area contributed by atoms with Crippen LogP contribution in [0.4, 0.5) is 13.2 Å². The van der Waals surface area contributed by atoms with E-state index in [9.17, 15) is 23.2 Å². The van der Waals surface area contributed by atoms with Gasteiger partial charge < -0.3 is 10.5 Å². The summed E-state index contributed by atoms with van der Waals surface area (Å²) in [6, 6.07) is 9.11. The fourth-order valence-corrected chi connectivity index (χ4v) is 3.84. The molecule has 0 radical (unpaired) electrons. The van der Waals surface area contributed by atoms with Crippen molar-refractivity contribution in [1.29, 1.82) is 0 Å². The zero-order valence-corrected chi connectivity index (χ0v) is 20.6. The Morgan fingerprint density at radius 3 is 1.94 bits per heavy atom. The van der Waals surface area contributed by atoms with E-state index in [1.807, 2.05) is 0 Å². The second-order valence-electron chi connectivity index (χ2n) is 9.01. The minimum absolute atomic E-state index is 0.0340. The van der Waals surface area contributed by atoms with Gasteiger partial charge in [-0.15, -0.1) is 0 Å². The van der Waals surface area contributed by atoms with Gasteiger partial charge in [0.05, 0.1) is 6.54 Å². The van der Waals surface area contributed by atoms with Crippen molar-refractivity contribution in [2.45, 2.75) is 90.4 Å². The maximum Gasteiger partial charge on any atom is 0.433 e. The summed E-state index contributed by atoms with van der Waals surface area (Å²) in [6.07, 6.45) is 9.12. The summed E-state index contributed by atoms with van der Waals surface area (Å²) >= 11 is 0. The number of unbranched alkanes of at least 4 members (excludes halogenated alkanes) is 9. The summed E-state index contributed by atoms with van der Waals surface area (Å²) in [5.74, 6) is -0.121. The highest BCUT2D eigenvalue weighted by Gasteiger charge is 2.32. The molecule has 2 rings (SSSR count). The van der Waals surface area contributed by atoms with Gasteiger partial charge in [0.1, 0.15) is 5.69 Å². The number of hydroxylamine groups is 2. The molecule has 1 heterocycles. The number of nitrogens with one attached hydrogen (secondary N) is 1. The molecule has 2 aromatic rings. The first-order valence-electron chi connectivity index (χ1n) is 12.6. The largest absolute Gasteiger partial charge is 0.433 e. The summed E-state index contributed by atoms with van der Waals surface area (Å²) in [5, 5.41) is 14.1. The monoisotopic (exact) mass is 493 g/mol. The highest BCUT2D eigenvalue weighted by Crippen LogP contribution is 2.27. The molecule has 2 N–H and O–H groups in total. The maximum atomic E-state index is 12.6. The number of halogens is 3. The van der Waals surface area contributed by atoms with Crippen LogP contribution in [0.15, 0.2) is 42.6 Å². The van der Waals surface area contributed by atoms with Crippen LogP contribution in [-0.4, -0.2) is 27.7 Å². The molecule has 1 amide bonds. The average Bonchev–Trinajstić information content (AvgIpc) is 2.82. The molecule has 0 atom stereocenters. The predicted molar refractivity (Wildman–Crippen MR) is 131 cm³/mol. The molecule has 0 aliphatic heterocycles. The molecule has 1 aromatic carbocycles. The van der Waals surface area contributed by atoms with Gasteiger partial charge >= 0.3 is 6.18 Å². The van der Waals surface area contributed by atoms with E-state index in [0.29, 0.717) is 17.7 Å². The highest BCUT2D eigenvalue weighted by molar-refractivity contribution is 5.94. The molecular weight excluding hydrogens is 455 g/mol. The van der Waals surface area contributed by atoms with Crippen LogP contribution in [0, 0.1) is 0 Å². The second kappa shape index (κ2) is 15.5. The van der Waals surface area contributed by atoms with Crippen LogP contribution in [0.2, 0.25) is 0 Å². The van der Waals surface area contributed by atoms with E-state index < -0.39 is 11.9 Å². The first-order valence-corrected chi connectivity index (χ1v) is 12.6. The van der Waals surface area contributed by atoms with Crippen molar-refractivity contribution >= 4 is 5.91 Å². The molecule has 194 valence electrons. The number of alkyl halides is 3. The lowest BCUT2D eigenvalue weighted by Crippen LogP contribution is -2.24. The van der Waals surface area contributed by atoms with Gasteiger partial charge in [-0.05, 0) is 35.7 Å². The molecule has 0 saturated heterocycles. The number of carbonyl (C=O) groups is 1. The van der Waals surface area contributed by atoms with Crippen LogP contribution < -0.4 is 5.32 Å². The maximum absolute atomic E-state index is 12.6. The Labute approximate surface area is 206 Å². The fourth-order valence-electron chi connectivity index (χ4n) is 3.84. The van der Waals surface area contributed by atoms with Gasteiger partial charge in [0.25, 0.3) is 5.91 Å². The van der Waals surface area contributed by atoms with Crippen molar-refractivity contribution in [3.8, 4) is 0 Å². The van der Waals surface area contributed by atoms with Crippen LogP contribution in [0.5, 0.6) is 0 Å². The van der Waals surface area contributed by atoms with E-state index in [1.165, 1.54) is 57.4 Å². The van der Waals surface area contributed by atoms with Crippen molar-refractivity contribution in [2.24, 2.45) is 0 Å². The Hall–Kier alpha value is -2.45. The minimum atomic E-state index is -4.49. The van der Waals surface area contributed by atoms with Crippen molar-refractivity contribution in [3.05, 3.63) is 65.0 Å². The molecule has 8 heteroatoms. The van der Waals surface area contributed by atoms with Gasteiger partial charge in [0.15, 0.2) is 0 Å². The molecular formula is C27H38F3N3O2. The summed E-state index contributed by atoms with van der Waals surface area (Å²) < 4.78 is 37.8. The predicted octanol–water partition coefficient (Wildman–Crippen LogP) is 7.14. The number of amides is 1. The molecule has 0 saturated carbocycles. The van der Waals surface area contributed by atoms with E-state index in [1.54, 1.807) is 24.3 Å². The number of rotatable bonds is 16. The standard InChI is InChI=1S/C27H38F3N3O2/c1-2-3-4-5-6-7-8-9-10-11-18-31-26(34)24-15-12-22(13-16-24)20-33(35)21-23-14-17-25(32-19-23)27(28,29)30/h12-17,19,35H,2-11,18,20-21H2,1H3,(H,31,34). The molecule has 5 nitrogen and oxygen atoms in total. The highest BCUT2D eigenvalue weighted by atomic mass is 19.4. The van der Waals surface area contributed by atoms with Crippen LogP contribution in [0.1, 0.15) is 98.3 Å². The van der Waals surface area contributed by atoms with Crippen LogP contribution in [0.25, 0.3) is 0 Å². The summed E-state index contributed by atoms with van der Waals surface area (Å²) in [7, 11) is 0. The zero-order valence-electron chi connectivity index (χ0n) is 20.6. The first kappa shape index (κ1) is 28.8. The Morgan fingerprint density at radius 1 is 0.857 bits per heavy atom. The summed E-state index contributed by atoms with van der Waals surface area (Å²) in [4.78, 5) is 15.7. The number of aromatic nitrogens is 1. The van der Waals surface area contributed by atoms with E-state index in [2.05, 4.69) is 17.2 Å². The zero-order chi connectivity index (χ0) is 25.5. The average molecular weight is 494 g/mol. The smallest absolute Gasteiger partial charge is 0.352 e. The molecule has 0 unspecified atom stereocenters. The normalized spacial score (nSPS) is 11.7.